The van der Waals surface area contributed by atoms with Crippen LogP contribution >= 0.6 is 0 Å². The maximum atomic E-state index is 12.1. The first-order valence-electron chi connectivity index (χ1n) is 9.69. The highest BCUT2D eigenvalue weighted by atomic mass is 16.5. The number of fused-ring (bicyclic) bond motifs is 1. The molecule has 0 saturated carbocycles. The Hall–Kier alpha value is -2.63. The Morgan fingerprint density at radius 1 is 1.11 bits per heavy atom. The highest BCUT2D eigenvalue weighted by Crippen LogP contribution is 2.22. The number of nitrogens with two attached hydrogens (primary N) is 1. The summed E-state index contributed by atoms with van der Waals surface area (Å²) in [6.07, 6.45) is 0. The Morgan fingerprint density at radius 2 is 1.82 bits per heavy atom. The maximum Gasteiger partial charge on any atom is 0.336 e. The summed E-state index contributed by atoms with van der Waals surface area (Å²) in [4.78, 5) is 13.4. The largest absolute Gasteiger partial charge is 0.497 e. The number of hydrogen-bond donors (Lipinski definition) is 2. The molecule has 1 heterocycles. The van der Waals surface area contributed by atoms with E-state index in [1.54, 1.807) is 13.2 Å². The second-order valence-electron chi connectivity index (χ2n) is 7.61. The summed E-state index contributed by atoms with van der Waals surface area (Å²) in [6.45, 7) is 5.70. The lowest BCUT2D eigenvalue weighted by molar-refractivity contribution is -0.910. The number of quaternary nitrogens is 2. The molecule has 0 saturated heterocycles. The third kappa shape index (κ3) is 4.26. The number of ether oxygens (including phenoxy) is 1. The van der Waals surface area contributed by atoms with E-state index < -0.39 is 0 Å². The van der Waals surface area contributed by atoms with E-state index in [2.05, 4.69) is 43.7 Å². The van der Waals surface area contributed by atoms with Gasteiger partial charge in [0.1, 0.15) is 24.4 Å². The van der Waals surface area contributed by atoms with Crippen LogP contribution in [-0.4, -0.2) is 27.7 Å². The molecule has 148 valence electrons. The molecule has 0 unspecified atom stereocenters. The SMILES string of the molecule is COc1ccc([C@H](C[NH2+]Cc2cc(=O)oc3c(C)c(C)ccc23)[NH+](C)C)cc1. The first-order valence-corrected chi connectivity index (χ1v) is 9.69. The molecule has 28 heavy (non-hydrogen) atoms. The van der Waals surface area contributed by atoms with Crippen LogP contribution in [0.1, 0.15) is 28.3 Å². The first-order chi connectivity index (χ1) is 13.4. The van der Waals surface area contributed by atoms with Crippen molar-refractivity contribution in [3.8, 4) is 5.75 Å². The number of rotatable bonds is 7. The van der Waals surface area contributed by atoms with Gasteiger partial charge in [0.15, 0.2) is 6.04 Å². The standard InChI is InChI=1S/C23H28N2O3/c1-15-6-11-20-18(12-22(26)28-23(20)16(15)2)13-24-14-21(25(3)4)17-7-9-19(27-5)10-8-17/h6-12,21,24H,13-14H2,1-5H3/p+2/t21-/m0/s1. The van der Waals surface area contributed by atoms with Gasteiger partial charge in [-0.05, 0) is 49.2 Å². The van der Waals surface area contributed by atoms with Crippen molar-refractivity contribution in [3.63, 3.8) is 0 Å². The van der Waals surface area contributed by atoms with Gasteiger partial charge >= 0.3 is 5.63 Å². The predicted molar refractivity (Wildman–Crippen MR) is 111 cm³/mol. The minimum Gasteiger partial charge on any atom is -0.497 e. The van der Waals surface area contributed by atoms with Crippen molar-refractivity contribution in [2.75, 3.05) is 27.7 Å². The van der Waals surface area contributed by atoms with E-state index in [1.165, 1.54) is 10.5 Å². The van der Waals surface area contributed by atoms with Crippen molar-refractivity contribution in [2.24, 2.45) is 0 Å². The lowest BCUT2D eigenvalue weighted by atomic mass is 10.0. The third-order valence-electron chi connectivity index (χ3n) is 5.50. The van der Waals surface area contributed by atoms with Gasteiger partial charge in [-0.15, -0.1) is 0 Å². The van der Waals surface area contributed by atoms with Gasteiger partial charge in [0.25, 0.3) is 0 Å². The Balaban J connectivity index is 1.79. The Bertz CT molecular complexity index is 1010. The number of hydrogen-bond acceptors (Lipinski definition) is 3. The fraction of sp³-hybridized carbons (Fsp3) is 0.348. The van der Waals surface area contributed by atoms with Gasteiger partial charge in [-0.3, -0.25) is 0 Å². The van der Waals surface area contributed by atoms with Crippen LogP contribution in [0.4, 0.5) is 0 Å². The van der Waals surface area contributed by atoms with Gasteiger partial charge in [0.05, 0.1) is 21.2 Å². The maximum absolute atomic E-state index is 12.1. The van der Waals surface area contributed by atoms with Crippen molar-refractivity contribution in [1.29, 1.82) is 0 Å². The predicted octanol–water partition coefficient (Wildman–Crippen LogP) is 1.37. The Labute approximate surface area is 165 Å². The minimum absolute atomic E-state index is 0.283. The molecule has 0 fully saturated rings. The summed E-state index contributed by atoms with van der Waals surface area (Å²) >= 11 is 0. The molecule has 3 aromatic rings. The molecule has 0 spiro atoms. The highest BCUT2D eigenvalue weighted by Gasteiger charge is 2.20. The van der Waals surface area contributed by atoms with E-state index in [0.717, 1.165) is 40.9 Å². The molecule has 0 bridgehead atoms. The van der Waals surface area contributed by atoms with E-state index >= 15 is 0 Å². The van der Waals surface area contributed by atoms with Gasteiger partial charge in [-0.2, -0.15) is 0 Å². The summed E-state index contributed by atoms with van der Waals surface area (Å²) in [5, 5.41) is 3.29. The molecule has 5 nitrogen and oxygen atoms in total. The number of methoxy groups -OCH3 is 1. The number of benzene rings is 2. The van der Waals surface area contributed by atoms with Gasteiger partial charge in [0.2, 0.25) is 0 Å². The van der Waals surface area contributed by atoms with E-state index in [-0.39, 0.29) is 5.63 Å². The van der Waals surface area contributed by atoms with Crippen molar-refractivity contribution in [1.82, 2.24) is 0 Å². The zero-order valence-corrected chi connectivity index (χ0v) is 17.3. The fourth-order valence-electron chi connectivity index (χ4n) is 3.64. The zero-order chi connectivity index (χ0) is 20.3. The van der Waals surface area contributed by atoms with Crippen molar-refractivity contribution in [3.05, 3.63) is 75.1 Å². The second kappa shape index (κ2) is 8.59. The lowest BCUT2D eigenvalue weighted by Gasteiger charge is -2.20. The van der Waals surface area contributed by atoms with Crippen LogP contribution in [0.15, 0.2) is 51.7 Å². The molecule has 0 radical (unpaired) electrons. The molecule has 1 aromatic heterocycles. The summed E-state index contributed by atoms with van der Waals surface area (Å²) in [5.41, 5.74) is 4.89. The van der Waals surface area contributed by atoms with Crippen molar-refractivity contribution >= 4 is 11.0 Å². The average Bonchev–Trinajstić information content (AvgIpc) is 2.68. The molecular weight excluding hydrogens is 352 g/mol. The zero-order valence-electron chi connectivity index (χ0n) is 17.3. The van der Waals surface area contributed by atoms with E-state index in [9.17, 15) is 4.79 Å². The van der Waals surface area contributed by atoms with Crippen LogP contribution in [0, 0.1) is 13.8 Å². The van der Waals surface area contributed by atoms with Crippen molar-refractivity contribution < 1.29 is 19.4 Å². The molecule has 3 rings (SSSR count). The van der Waals surface area contributed by atoms with Gasteiger partial charge in [-0.25, -0.2) is 4.79 Å². The average molecular weight is 383 g/mol. The quantitative estimate of drug-likeness (QED) is 0.607. The monoisotopic (exact) mass is 382 g/mol. The normalized spacial score (nSPS) is 12.5. The smallest absolute Gasteiger partial charge is 0.336 e. The van der Waals surface area contributed by atoms with Crippen LogP contribution in [0.25, 0.3) is 11.0 Å². The van der Waals surface area contributed by atoms with Crippen LogP contribution in [0.5, 0.6) is 5.75 Å². The van der Waals surface area contributed by atoms with Crippen molar-refractivity contribution in [2.45, 2.75) is 26.4 Å². The second-order valence-corrected chi connectivity index (χ2v) is 7.61. The minimum atomic E-state index is -0.283. The van der Waals surface area contributed by atoms with E-state index in [1.807, 2.05) is 26.0 Å². The van der Waals surface area contributed by atoms with Crippen LogP contribution < -0.4 is 20.6 Å². The molecule has 0 amide bonds. The lowest BCUT2D eigenvalue weighted by Crippen LogP contribution is -3.09. The fourth-order valence-corrected chi connectivity index (χ4v) is 3.64. The van der Waals surface area contributed by atoms with Crippen LogP contribution in [-0.2, 0) is 6.54 Å². The molecule has 5 heteroatoms. The highest BCUT2D eigenvalue weighted by molar-refractivity contribution is 5.83. The molecular formula is C23H30N2O3+2. The number of nitrogens with one attached hydrogen (secondary N) is 1. The van der Waals surface area contributed by atoms with Gasteiger partial charge in [-0.1, -0.05) is 12.1 Å². The molecule has 2 aromatic carbocycles. The Morgan fingerprint density at radius 3 is 2.46 bits per heavy atom. The molecule has 0 aliphatic heterocycles. The number of aryl methyl sites for hydroxylation is 2. The first kappa shape index (κ1) is 20.1. The summed E-state index contributed by atoms with van der Waals surface area (Å²) in [6, 6.07) is 14.4. The van der Waals surface area contributed by atoms with E-state index in [0.29, 0.717) is 11.6 Å². The van der Waals surface area contributed by atoms with E-state index in [4.69, 9.17) is 9.15 Å². The Kier molecular flexibility index (Phi) is 6.17. The summed E-state index contributed by atoms with van der Waals surface area (Å²) in [7, 11) is 6.02. The molecule has 1 atom stereocenters. The molecule has 3 N–H and O–H groups in total. The van der Waals surface area contributed by atoms with Crippen LogP contribution in [0.3, 0.4) is 0 Å². The summed E-state index contributed by atoms with van der Waals surface area (Å²) in [5.74, 6) is 0.869. The third-order valence-corrected chi connectivity index (χ3v) is 5.50. The summed E-state index contributed by atoms with van der Waals surface area (Å²) < 4.78 is 10.8. The molecule has 0 aliphatic carbocycles. The topological polar surface area (TPSA) is 60.5 Å². The molecule has 0 aliphatic rings. The number of likely N-dealkylation sites (N-methyl/N-ethyl adjacent to an activating group) is 1. The van der Waals surface area contributed by atoms with Crippen LogP contribution in [0.2, 0.25) is 0 Å². The van der Waals surface area contributed by atoms with Gasteiger partial charge < -0.3 is 19.4 Å². The van der Waals surface area contributed by atoms with Gasteiger partial charge in [0, 0.05) is 22.6 Å².